The van der Waals surface area contributed by atoms with Crippen LogP contribution in [0.25, 0.3) is 6.08 Å². The van der Waals surface area contributed by atoms with Gasteiger partial charge in [-0.1, -0.05) is 25.0 Å². The Hall–Kier alpha value is -3.32. The fraction of sp³-hybridized carbons (Fsp3) is 0.467. The molecule has 0 atom stereocenters. The van der Waals surface area contributed by atoms with E-state index in [2.05, 4.69) is 29.0 Å². The van der Waals surface area contributed by atoms with Crippen molar-refractivity contribution in [3.63, 3.8) is 0 Å². The number of amides is 1. The van der Waals surface area contributed by atoms with E-state index in [-0.39, 0.29) is 5.91 Å². The molecule has 1 amide bonds. The summed E-state index contributed by atoms with van der Waals surface area (Å²) in [5.74, 6) is -0.152. The fourth-order valence-corrected chi connectivity index (χ4v) is 4.72. The Morgan fingerprint density at radius 2 is 1.65 bits per heavy atom. The molecular formula is C30H41N3O4. The number of anilines is 1. The zero-order valence-electron chi connectivity index (χ0n) is 22.4. The first-order valence-electron chi connectivity index (χ1n) is 13.3. The van der Waals surface area contributed by atoms with E-state index in [9.17, 15) is 9.59 Å². The largest absolute Gasteiger partial charge is 0.494 e. The molecule has 2 aromatic carbocycles. The first-order valence-corrected chi connectivity index (χ1v) is 13.3. The van der Waals surface area contributed by atoms with E-state index in [1.54, 1.807) is 24.3 Å². The van der Waals surface area contributed by atoms with Crippen LogP contribution in [-0.2, 0) is 4.79 Å². The van der Waals surface area contributed by atoms with Crippen molar-refractivity contribution in [2.24, 2.45) is 0 Å². The van der Waals surface area contributed by atoms with Crippen LogP contribution in [-0.4, -0.2) is 79.7 Å². The number of benzene rings is 2. The molecule has 200 valence electrons. The third kappa shape index (κ3) is 8.93. The quantitative estimate of drug-likeness (QED) is 0.286. The van der Waals surface area contributed by atoms with Gasteiger partial charge in [0.15, 0.2) is 0 Å². The highest BCUT2D eigenvalue weighted by Crippen LogP contribution is 2.23. The standard InChI is InChI=1S/C30H41N3O4/c1-4-33(30(36)25-13-10-24(11-14-25)12-19-29(34)35)22-21-32(3)27-15-17-28(18-16-27)37-23-7-20-31(2)26-8-5-6-9-26/h10-19,26H,4-9,20-23H2,1-3H3,(H,34,35)/b19-12+. The molecule has 7 nitrogen and oxygen atoms in total. The van der Waals surface area contributed by atoms with E-state index in [0.29, 0.717) is 25.2 Å². The molecule has 0 saturated heterocycles. The normalized spacial score (nSPS) is 13.8. The van der Waals surface area contributed by atoms with Crippen molar-refractivity contribution < 1.29 is 19.4 Å². The van der Waals surface area contributed by atoms with Gasteiger partial charge in [-0.15, -0.1) is 0 Å². The SMILES string of the molecule is CCN(CCN(C)c1ccc(OCCCN(C)C2CCCC2)cc1)C(=O)c1ccc(/C=C/C(=O)O)cc1. The molecule has 0 radical (unpaired) electrons. The lowest BCUT2D eigenvalue weighted by atomic mass is 10.1. The molecule has 7 heteroatoms. The van der Waals surface area contributed by atoms with Crippen LogP contribution in [0.15, 0.2) is 54.6 Å². The third-order valence-corrected chi connectivity index (χ3v) is 7.10. The molecule has 0 bridgehead atoms. The Bertz CT molecular complexity index is 1010. The minimum atomic E-state index is -0.999. The summed E-state index contributed by atoms with van der Waals surface area (Å²) < 4.78 is 5.95. The van der Waals surface area contributed by atoms with Crippen LogP contribution >= 0.6 is 0 Å². The maximum Gasteiger partial charge on any atom is 0.328 e. The molecule has 1 saturated carbocycles. The van der Waals surface area contributed by atoms with Gasteiger partial charge in [0.05, 0.1) is 6.61 Å². The number of carboxylic acid groups (broad SMARTS) is 1. The van der Waals surface area contributed by atoms with Crippen LogP contribution in [0.4, 0.5) is 5.69 Å². The van der Waals surface area contributed by atoms with Gasteiger partial charge in [-0.3, -0.25) is 4.79 Å². The lowest BCUT2D eigenvalue weighted by molar-refractivity contribution is -0.131. The van der Waals surface area contributed by atoms with Crippen molar-refractivity contribution in [3.05, 3.63) is 65.7 Å². The van der Waals surface area contributed by atoms with Crippen LogP contribution < -0.4 is 9.64 Å². The average Bonchev–Trinajstić information content (AvgIpc) is 3.46. The van der Waals surface area contributed by atoms with Gasteiger partial charge in [-0.05, 0) is 81.3 Å². The van der Waals surface area contributed by atoms with E-state index in [1.807, 2.05) is 31.0 Å². The molecule has 1 N–H and O–H groups in total. The van der Waals surface area contributed by atoms with Gasteiger partial charge >= 0.3 is 5.97 Å². The summed E-state index contributed by atoms with van der Waals surface area (Å²) in [6.45, 7) is 5.67. The molecule has 37 heavy (non-hydrogen) atoms. The summed E-state index contributed by atoms with van der Waals surface area (Å²) in [6.07, 6.45) is 9.01. The Morgan fingerprint density at radius 3 is 2.27 bits per heavy atom. The minimum Gasteiger partial charge on any atom is -0.494 e. The van der Waals surface area contributed by atoms with Crippen molar-refractivity contribution in [3.8, 4) is 5.75 Å². The zero-order chi connectivity index (χ0) is 26.6. The number of likely N-dealkylation sites (N-methyl/N-ethyl adjacent to an activating group) is 2. The van der Waals surface area contributed by atoms with Gasteiger partial charge < -0.3 is 24.5 Å². The van der Waals surface area contributed by atoms with E-state index < -0.39 is 5.97 Å². The smallest absolute Gasteiger partial charge is 0.328 e. The number of ether oxygens (including phenoxy) is 1. The predicted octanol–water partition coefficient (Wildman–Crippen LogP) is 5.03. The summed E-state index contributed by atoms with van der Waals surface area (Å²) >= 11 is 0. The summed E-state index contributed by atoms with van der Waals surface area (Å²) in [7, 11) is 4.25. The van der Waals surface area contributed by atoms with Crippen molar-refractivity contribution in [2.45, 2.75) is 45.1 Å². The van der Waals surface area contributed by atoms with Crippen LogP contribution in [0, 0.1) is 0 Å². The number of nitrogens with zero attached hydrogens (tertiary/aromatic N) is 3. The Balaban J connectivity index is 1.42. The van der Waals surface area contributed by atoms with Gasteiger partial charge in [0, 0.05) is 56.6 Å². The van der Waals surface area contributed by atoms with Crippen molar-refractivity contribution in [2.75, 3.05) is 51.8 Å². The minimum absolute atomic E-state index is 0.0352. The zero-order valence-corrected chi connectivity index (χ0v) is 22.4. The molecule has 1 fully saturated rings. The monoisotopic (exact) mass is 507 g/mol. The maximum absolute atomic E-state index is 13.0. The Labute approximate surface area is 221 Å². The second-order valence-electron chi connectivity index (χ2n) is 9.71. The summed E-state index contributed by atoms with van der Waals surface area (Å²) in [5, 5.41) is 8.75. The maximum atomic E-state index is 13.0. The first kappa shape index (κ1) is 28.3. The predicted molar refractivity (Wildman–Crippen MR) is 149 cm³/mol. The van der Waals surface area contributed by atoms with Gasteiger partial charge in [0.1, 0.15) is 5.75 Å². The molecule has 0 aliphatic heterocycles. The number of carbonyl (C=O) groups is 2. The molecule has 1 aliphatic rings. The van der Waals surface area contributed by atoms with Crippen molar-refractivity contribution in [1.29, 1.82) is 0 Å². The lowest BCUT2D eigenvalue weighted by Gasteiger charge is -2.26. The first-order chi connectivity index (χ1) is 17.9. The molecule has 0 unspecified atom stereocenters. The summed E-state index contributed by atoms with van der Waals surface area (Å²) in [5.41, 5.74) is 2.41. The van der Waals surface area contributed by atoms with Crippen molar-refractivity contribution in [1.82, 2.24) is 9.80 Å². The number of carbonyl (C=O) groups excluding carboxylic acids is 1. The molecule has 3 rings (SSSR count). The summed E-state index contributed by atoms with van der Waals surface area (Å²) in [4.78, 5) is 30.1. The molecule has 1 aliphatic carbocycles. The Morgan fingerprint density at radius 1 is 0.973 bits per heavy atom. The van der Waals surface area contributed by atoms with Gasteiger partial charge in [-0.2, -0.15) is 0 Å². The fourth-order valence-electron chi connectivity index (χ4n) is 4.72. The number of hydrogen-bond acceptors (Lipinski definition) is 5. The van der Waals surface area contributed by atoms with Crippen LogP contribution in [0.5, 0.6) is 5.75 Å². The highest BCUT2D eigenvalue weighted by atomic mass is 16.5. The van der Waals surface area contributed by atoms with Gasteiger partial charge in [0.2, 0.25) is 0 Å². The molecule has 2 aromatic rings. The number of rotatable bonds is 14. The highest BCUT2D eigenvalue weighted by Gasteiger charge is 2.19. The van der Waals surface area contributed by atoms with E-state index in [1.165, 1.54) is 31.8 Å². The van der Waals surface area contributed by atoms with Crippen molar-refractivity contribution >= 4 is 23.6 Å². The molecule has 0 heterocycles. The molecular weight excluding hydrogens is 466 g/mol. The number of carboxylic acids is 1. The van der Waals surface area contributed by atoms with Gasteiger partial charge in [-0.25, -0.2) is 4.79 Å². The van der Waals surface area contributed by atoms with E-state index in [0.717, 1.165) is 48.7 Å². The van der Waals surface area contributed by atoms with Crippen LogP contribution in [0.3, 0.4) is 0 Å². The van der Waals surface area contributed by atoms with E-state index >= 15 is 0 Å². The van der Waals surface area contributed by atoms with Crippen LogP contribution in [0.2, 0.25) is 0 Å². The molecule has 0 spiro atoms. The topological polar surface area (TPSA) is 73.3 Å². The average molecular weight is 508 g/mol. The summed E-state index contributed by atoms with van der Waals surface area (Å²) in [6, 6.07) is 15.9. The second kappa shape index (κ2) is 14.4. The Kier molecular flexibility index (Phi) is 11.0. The second-order valence-corrected chi connectivity index (χ2v) is 9.71. The van der Waals surface area contributed by atoms with E-state index in [4.69, 9.17) is 9.84 Å². The van der Waals surface area contributed by atoms with Gasteiger partial charge in [0.25, 0.3) is 5.91 Å². The third-order valence-electron chi connectivity index (χ3n) is 7.10. The number of aliphatic carboxylic acids is 1. The highest BCUT2D eigenvalue weighted by molar-refractivity contribution is 5.94. The lowest BCUT2D eigenvalue weighted by Crippen LogP contribution is -2.37. The van der Waals surface area contributed by atoms with Crippen LogP contribution in [0.1, 0.15) is 54.9 Å². The molecule has 0 aromatic heterocycles. The number of hydrogen-bond donors (Lipinski definition) is 1.